The monoisotopic (exact) mass is 532 g/mol. The van der Waals surface area contributed by atoms with Crippen LogP contribution < -0.4 is 0 Å². The standard InChI is InChI=1S/C32H52O6/c1-15(2)17(4)29(6)14-23(29)16(3)21-9-10-22-20-12-25-32(38-25)13-19(34)11-24(35)31(32,8)26(20)27(36)28(30(21,22)7)37-18(5)33/h15-17,19-28,34-36H,9-14H2,1-8H3/t16?,17?,19-,20?,21+,22?,23+,24?,25+,26?,27?,28+,29+,30+,31+,32+/m0/s1. The van der Waals surface area contributed by atoms with Crippen LogP contribution >= 0.6 is 0 Å². The van der Waals surface area contributed by atoms with Crippen molar-refractivity contribution >= 4 is 5.97 Å². The van der Waals surface area contributed by atoms with Crippen LogP contribution in [0.25, 0.3) is 0 Å². The van der Waals surface area contributed by atoms with Gasteiger partial charge in [-0.3, -0.25) is 4.79 Å². The molecular weight excluding hydrogens is 480 g/mol. The Labute approximate surface area is 229 Å². The fourth-order valence-electron chi connectivity index (χ4n) is 11.8. The van der Waals surface area contributed by atoms with Gasteiger partial charge >= 0.3 is 5.97 Å². The highest BCUT2D eigenvalue weighted by Crippen LogP contribution is 2.76. The number of carbonyl (C=O) groups is 1. The summed E-state index contributed by atoms with van der Waals surface area (Å²) in [6.07, 6.45) is 2.28. The van der Waals surface area contributed by atoms with Gasteiger partial charge in [0, 0.05) is 30.1 Å². The molecule has 6 nitrogen and oxygen atoms in total. The lowest BCUT2D eigenvalue weighted by Crippen LogP contribution is -2.71. The third kappa shape index (κ3) is 3.30. The van der Waals surface area contributed by atoms with Crippen molar-refractivity contribution in [3.05, 3.63) is 0 Å². The van der Waals surface area contributed by atoms with Gasteiger partial charge in [-0.25, -0.2) is 0 Å². The van der Waals surface area contributed by atoms with Crippen LogP contribution in [0.2, 0.25) is 0 Å². The summed E-state index contributed by atoms with van der Waals surface area (Å²) in [6, 6.07) is 0. The van der Waals surface area contributed by atoms with Crippen LogP contribution in [0.4, 0.5) is 0 Å². The van der Waals surface area contributed by atoms with E-state index in [0.717, 1.165) is 19.3 Å². The van der Waals surface area contributed by atoms with E-state index in [-0.39, 0.29) is 29.3 Å². The summed E-state index contributed by atoms with van der Waals surface area (Å²) in [7, 11) is 0. The molecule has 1 aliphatic heterocycles. The van der Waals surface area contributed by atoms with Gasteiger partial charge < -0.3 is 24.8 Å². The Balaban J connectivity index is 1.37. The molecular formula is C32H52O6. The molecule has 0 bridgehead atoms. The van der Waals surface area contributed by atoms with Crippen molar-refractivity contribution in [3.63, 3.8) is 0 Å². The first-order chi connectivity index (χ1) is 17.6. The van der Waals surface area contributed by atoms with Crippen molar-refractivity contribution in [1.82, 2.24) is 0 Å². The van der Waals surface area contributed by atoms with E-state index in [2.05, 4.69) is 48.5 Å². The highest BCUT2D eigenvalue weighted by Gasteiger charge is 2.81. The molecule has 1 spiro atoms. The molecule has 0 radical (unpaired) electrons. The molecule has 0 aromatic rings. The van der Waals surface area contributed by atoms with Crippen LogP contribution in [0, 0.1) is 63.6 Å². The van der Waals surface area contributed by atoms with E-state index in [1.54, 1.807) is 0 Å². The maximum Gasteiger partial charge on any atom is 0.303 e. The van der Waals surface area contributed by atoms with Gasteiger partial charge in [-0.05, 0) is 78.9 Å². The molecule has 1 saturated heterocycles. The van der Waals surface area contributed by atoms with Crippen LogP contribution in [-0.2, 0) is 14.3 Å². The van der Waals surface area contributed by atoms with E-state index in [0.29, 0.717) is 53.8 Å². The summed E-state index contributed by atoms with van der Waals surface area (Å²) >= 11 is 0. The highest BCUT2D eigenvalue weighted by atomic mass is 16.6. The molecule has 16 atom stereocenters. The van der Waals surface area contributed by atoms with Gasteiger partial charge in [0.1, 0.15) is 11.7 Å². The Kier molecular flexibility index (Phi) is 6.09. The lowest BCUT2D eigenvalue weighted by molar-refractivity contribution is -0.252. The van der Waals surface area contributed by atoms with Gasteiger partial charge in [0.05, 0.1) is 24.4 Å². The third-order valence-corrected chi connectivity index (χ3v) is 14.2. The Morgan fingerprint density at radius 1 is 0.974 bits per heavy atom. The number of carbonyl (C=O) groups excluding carboxylic acids is 1. The van der Waals surface area contributed by atoms with E-state index < -0.39 is 35.4 Å². The Hall–Kier alpha value is -0.690. The number of hydrogen-bond acceptors (Lipinski definition) is 6. The van der Waals surface area contributed by atoms with Gasteiger partial charge in [-0.15, -0.1) is 0 Å². The minimum absolute atomic E-state index is 0.0233. The fourth-order valence-corrected chi connectivity index (χ4v) is 11.8. The van der Waals surface area contributed by atoms with E-state index in [1.807, 2.05) is 0 Å². The van der Waals surface area contributed by atoms with E-state index in [4.69, 9.17) is 9.47 Å². The van der Waals surface area contributed by atoms with Gasteiger partial charge in [0.2, 0.25) is 0 Å². The normalized spacial score (nSPS) is 58.2. The first-order valence-corrected chi connectivity index (χ1v) is 15.5. The van der Waals surface area contributed by atoms with Crippen molar-refractivity contribution in [2.75, 3.05) is 0 Å². The van der Waals surface area contributed by atoms with Crippen molar-refractivity contribution in [2.45, 2.75) is 130 Å². The highest BCUT2D eigenvalue weighted by molar-refractivity contribution is 5.66. The third-order valence-electron chi connectivity index (χ3n) is 14.2. The molecule has 0 aromatic heterocycles. The van der Waals surface area contributed by atoms with Gasteiger partial charge in [0.15, 0.2) is 0 Å². The van der Waals surface area contributed by atoms with E-state index in [9.17, 15) is 20.1 Å². The molecule has 6 rings (SSSR count). The first kappa shape index (κ1) is 27.5. The SMILES string of the molecule is CC(=O)O[C@@H]1C(O)C2C(C[C@H]3O[C@]34C[C@@H](O)CC(O)[C@]24C)C2CC[C@H](C(C)[C@H]3C[C@]3(C)C(C)C(C)C)[C@]21C. The summed E-state index contributed by atoms with van der Waals surface area (Å²) in [5, 5.41) is 34.3. The molecule has 216 valence electrons. The second kappa shape index (κ2) is 8.42. The number of hydrogen-bond donors (Lipinski definition) is 3. The fraction of sp³-hybridized carbons (Fsp3) is 0.969. The predicted octanol–water partition coefficient (Wildman–Crippen LogP) is 4.58. The van der Waals surface area contributed by atoms with Gasteiger partial charge in [-0.1, -0.05) is 48.5 Å². The molecule has 6 heteroatoms. The molecule has 6 aliphatic rings. The molecule has 6 fully saturated rings. The zero-order chi connectivity index (χ0) is 27.7. The Morgan fingerprint density at radius 3 is 2.29 bits per heavy atom. The smallest absolute Gasteiger partial charge is 0.303 e. The summed E-state index contributed by atoms with van der Waals surface area (Å²) in [5.74, 6) is 2.76. The predicted molar refractivity (Wildman–Crippen MR) is 144 cm³/mol. The van der Waals surface area contributed by atoms with Crippen LogP contribution in [0.3, 0.4) is 0 Å². The molecule has 3 N–H and O–H groups in total. The zero-order valence-electron chi connectivity index (χ0n) is 24.8. The number of esters is 1. The summed E-state index contributed by atoms with van der Waals surface area (Å²) in [6.45, 7) is 17.8. The van der Waals surface area contributed by atoms with Crippen molar-refractivity contribution < 1.29 is 29.6 Å². The molecule has 0 amide bonds. The number of aliphatic hydroxyl groups excluding tert-OH is 3. The maximum absolute atomic E-state index is 12.5. The maximum atomic E-state index is 12.5. The first-order valence-electron chi connectivity index (χ1n) is 15.5. The lowest BCUT2D eigenvalue weighted by atomic mass is 9.42. The average molecular weight is 533 g/mol. The Bertz CT molecular complexity index is 983. The summed E-state index contributed by atoms with van der Waals surface area (Å²) in [4.78, 5) is 12.5. The second-order valence-electron chi connectivity index (χ2n) is 15.7. The van der Waals surface area contributed by atoms with E-state index in [1.165, 1.54) is 13.3 Å². The molecule has 1 heterocycles. The van der Waals surface area contributed by atoms with Crippen molar-refractivity contribution in [2.24, 2.45) is 63.6 Å². The van der Waals surface area contributed by atoms with Crippen LogP contribution in [0.15, 0.2) is 0 Å². The van der Waals surface area contributed by atoms with Crippen LogP contribution in [0.1, 0.15) is 93.9 Å². The largest absolute Gasteiger partial charge is 0.459 e. The van der Waals surface area contributed by atoms with Gasteiger partial charge in [-0.2, -0.15) is 0 Å². The molecule has 7 unspecified atom stereocenters. The Morgan fingerprint density at radius 2 is 1.66 bits per heavy atom. The molecule has 5 aliphatic carbocycles. The van der Waals surface area contributed by atoms with Crippen molar-refractivity contribution in [3.8, 4) is 0 Å². The quantitative estimate of drug-likeness (QED) is 0.354. The van der Waals surface area contributed by atoms with Crippen molar-refractivity contribution in [1.29, 1.82) is 0 Å². The molecule has 38 heavy (non-hydrogen) atoms. The molecule has 5 saturated carbocycles. The minimum atomic E-state index is -0.866. The van der Waals surface area contributed by atoms with E-state index >= 15 is 0 Å². The van der Waals surface area contributed by atoms with Gasteiger partial charge in [0.25, 0.3) is 0 Å². The summed E-state index contributed by atoms with van der Waals surface area (Å²) < 4.78 is 12.6. The molecule has 0 aromatic carbocycles. The van der Waals surface area contributed by atoms with Crippen LogP contribution in [-0.4, -0.2) is 57.4 Å². The zero-order valence-corrected chi connectivity index (χ0v) is 24.8. The number of fused-ring (bicyclic) bond motifs is 4. The topological polar surface area (TPSA) is 99.5 Å². The number of aliphatic hydroxyl groups is 3. The summed E-state index contributed by atoms with van der Waals surface area (Å²) in [5.41, 5.74) is -1.23. The average Bonchev–Trinajstić information content (AvgIpc) is 3.68. The lowest BCUT2D eigenvalue weighted by Gasteiger charge is -2.63. The number of epoxide rings is 1. The number of ether oxygens (including phenoxy) is 2. The van der Waals surface area contributed by atoms with Crippen LogP contribution in [0.5, 0.6) is 0 Å². The second-order valence-corrected chi connectivity index (χ2v) is 15.7. The minimum Gasteiger partial charge on any atom is -0.459 e. The number of rotatable bonds is 5.